The summed E-state index contributed by atoms with van der Waals surface area (Å²) in [6.07, 6.45) is 2.20. The molecule has 0 amide bonds. The van der Waals surface area contributed by atoms with E-state index in [1.165, 1.54) is 10.7 Å². The van der Waals surface area contributed by atoms with Crippen LogP contribution in [0.4, 0.5) is 11.8 Å². The van der Waals surface area contributed by atoms with Crippen LogP contribution in [0, 0.1) is 0 Å². The molecule has 0 unspecified atom stereocenters. The van der Waals surface area contributed by atoms with E-state index in [0.717, 1.165) is 24.0 Å². The van der Waals surface area contributed by atoms with Gasteiger partial charge in [0.25, 0.3) is 5.56 Å². The minimum Gasteiger partial charge on any atom is -0.368 e. The van der Waals surface area contributed by atoms with Gasteiger partial charge in [-0.1, -0.05) is 30.3 Å². The second-order valence-corrected chi connectivity index (χ2v) is 7.03. The van der Waals surface area contributed by atoms with Crippen molar-refractivity contribution in [2.45, 2.75) is 38.8 Å². The van der Waals surface area contributed by atoms with E-state index in [9.17, 15) is 4.79 Å². The lowest BCUT2D eigenvalue weighted by Gasteiger charge is -2.17. The number of hydrogen-bond donors (Lipinski definition) is 2. The van der Waals surface area contributed by atoms with Gasteiger partial charge >= 0.3 is 0 Å². The number of hydrogen-bond acceptors (Lipinski definition) is 6. The van der Waals surface area contributed by atoms with Gasteiger partial charge in [0.05, 0.1) is 23.0 Å². The van der Waals surface area contributed by atoms with E-state index >= 15 is 0 Å². The third-order valence-electron chi connectivity index (χ3n) is 4.46. The fraction of sp³-hybridized carbons (Fsp3) is 0.300. The maximum atomic E-state index is 12.2. The third kappa shape index (κ3) is 3.53. The van der Waals surface area contributed by atoms with Gasteiger partial charge in [0.1, 0.15) is 5.82 Å². The Morgan fingerprint density at radius 1 is 1.11 bits per heavy atom. The van der Waals surface area contributed by atoms with E-state index in [4.69, 9.17) is 5.73 Å². The monoisotopic (exact) mass is 362 g/mol. The van der Waals surface area contributed by atoms with Gasteiger partial charge in [-0.25, -0.2) is 9.67 Å². The van der Waals surface area contributed by atoms with Gasteiger partial charge in [-0.15, -0.1) is 0 Å². The summed E-state index contributed by atoms with van der Waals surface area (Å²) < 4.78 is 1.47. The molecule has 2 aromatic heterocycles. The summed E-state index contributed by atoms with van der Waals surface area (Å²) in [5, 5.41) is 8.03. The molecule has 1 aliphatic carbocycles. The predicted octanol–water partition coefficient (Wildman–Crippen LogP) is 3.10. The largest absolute Gasteiger partial charge is 0.368 e. The molecular weight excluding hydrogens is 340 g/mol. The summed E-state index contributed by atoms with van der Waals surface area (Å²) in [6.45, 7) is 3.86. The van der Waals surface area contributed by atoms with Crippen molar-refractivity contribution < 1.29 is 0 Å². The first kappa shape index (κ1) is 17.2. The lowest BCUT2D eigenvalue weighted by molar-refractivity contribution is 0.505. The molecule has 0 bridgehead atoms. The average molecular weight is 362 g/mol. The predicted molar refractivity (Wildman–Crippen MR) is 106 cm³/mol. The Morgan fingerprint density at radius 3 is 2.52 bits per heavy atom. The van der Waals surface area contributed by atoms with Crippen LogP contribution in [0.15, 0.2) is 47.3 Å². The molecule has 1 aromatic carbocycles. The van der Waals surface area contributed by atoms with E-state index in [2.05, 4.69) is 20.4 Å². The van der Waals surface area contributed by atoms with Gasteiger partial charge in [-0.2, -0.15) is 10.1 Å². The van der Waals surface area contributed by atoms with Crippen molar-refractivity contribution in [3.63, 3.8) is 0 Å². The van der Waals surface area contributed by atoms with Crippen LogP contribution < -0.4 is 16.6 Å². The lowest BCUT2D eigenvalue weighted by atomic mass is 10.0. The van der Waals surface area contributed by atoms with Gasteiger partial charge in [-0.3, -0.25) is 4.79 Å². The number of nitrogens with two attached hydrogens (primary N) is 1. The van der Waals surface area contributed by atoms with Crippen LogP contribution in [0.3, 0.4) is 0 Å². The molecule has 0 atom stereocenters. The number of rotatable bonds is 5. The Hall–Kier alpha value is -3.22. The van der Waals surface area contributed by atoms with Crippen molar-refractivity contribution in [1.29, 1.82) is 0 Å². The molecule has 0 spiro atoms. The van der Waals surface area contributed by atoms with E-state index in [0.29, 0.717) is 23.2 Å². The van der Waals surface area contributed by atoms with Crippen LogP contribution in [0.1, 0.15) is 32.7 Å². The zero-order chi connectivity index (χ0) is 19.0. The number of nitrogens with zero attached hydrogens (tertiary/aromatic N) is 4. The van der Waals surface area contributed by atoms with E-state index < -0.39 is 0 Å². The molecule has 2 heterocycles. The molecular formula is C20H22N6O. The Balaban J connectivity index is 1.97. The minimum absolute atomic E-state index is 0.0489. The molecule has 0 aliphatic heterocycles. The van der Waals surface area contributed by atoms with E-state index in [1.807, 2.05) is 44.2 Å². The molecule has 3 aromatic rings. The average Bonchev–Trinajstić information content (AvgIpc) is 3.46. The second kappa shape index (κ2) is 6.83. The number of anilines is 2. The second-order valence-electron chi connectivity index (χ2n) is 7.03. The summed E-state index contributed by atoms with van der Waals surface area (Å²) in [6, 6.07) is 13.4. The number of nitrogens with one attached hydrogen (secondary N) is 1. The first-order valence-corrected chi connectivity index (χ1v) is 9.12. The van der Waals surface area contributed by atoms with Crippen molar-refractivity contribution in [3.05, 3.63) is 52.8 Å². The fourth-order valence-electron chi connectivity index (χ4n) is 2.98. The topological polar surface area (TPSA) is 98.7 Å². The first-order chi connectivity index (χ1) is 13.0. The van der Waals surface area contributed by atoms with Gasteiger partial charge in [0.2, 0.25) is 5.95 Å². The highest BCUT2D eigenvalue weighted by Gasteiger charge is 2.26. The van der Waals surface area contributed by atoms with E-state index in [-0.39, 0.29) is 17.5 Å². The van der Waals surface area contributed by atoms with E-state index in [1.54, 1.807) is 6.07 Å². The van der Waals surface area contributed by atoms with Crippen molar-refractivity contribution in [2.24, 2.45) is 0 Å². The lowest BCUT2D eigenvalue weighted by Crippen LogP contribution is -2.24. The van der Waals surface area contributed by atoms with Crippen molar-refractivity contribution in [3.8, 4) is 22.5 Å². The Bertz CT molecular complexity index is 1020. The molecule has 1 fully saturated rings. The maximum Gasteiger partial charge on any atom is 0.267 e. The molecule has 3 N–H and O–H groups in total. The van der Waals surface area contributed by atoms with Crippen LogP contribution in [0.2, 0.25) is 0 Å². The first-order valence-electron chi connectivity index (χ1n) is 9.12. The third-order valence-corrected chi connectivity index (χ3v) is 4.46. The molecule has 7 nitrogen and oxygen atoms in total. The Kier molecular flexibility index (Phi) is 4.35. The zero-order valence-corrected chi connectivity index (χ0v) is 15.4. The van der Waals surface area contributed by atoms with Crippen molar-refractivity contribution >= 4 is 11.8 Å². The van der Waals surface area contributed by atoms with Crippen LogP contribution in [0.25, 0.3) is 22.5 Å². The van der Waals surface area contributed by atoms with Gasteiger partial charge in [-0.05, 0) is 32.8 Å². The standard InChI is InChI=1S/C20H22N6O/c1-12(2)26-16(27)11-10-15(25-26)17-18(13-6-4-3-5-7-13)23-20(21)24-19(17)22-14-8-9-14/h3-7,10-12,14H,8-9H2,1-2H3,(H3,21,22,23,24). The normalized spacial score (nSPS) is 13.7. The highest BCUT2D eigenvalue weighted by molar-refractivity contribution is 5.87. The quantitative estimate of drug-likeness (QED) is 0.723. The molecule has 0 saturated heterocycles. The Morgan fingerprint density at radius 2 is 1.85 bits per heavy atom. The highest BCUT2D eigenvalue weighted by Crippen LogP contribution is 2.37. The number of aromatic nitrogens is 4. The molecule has 7 heteroatoms. The number of benzene rings is 1. The molecule has 27 heavy (non-hydrogen) atoms. The highest BCUT2D eigenvalue weighted by atomic mass is 16.1. The van der Waals surface area contributed by atoms with Crippen LogP contribution in [-0.2, 0) is 0 Å². The van der Waals surface area contributed by atoms with Gasteiger partial charge in [0, 0.05) is 17.7 Å². The van der Waals surface area contributed by atoms with Crippen LogP contribution in [-0.4, -0.2) is 25.8 Å². The fourth-order valence-corrected chi connectivity index (χ4v) is 2.98. The van der Waals surface area contributed by atoms with Gasteiger partial charge in [0.15, 0.2) is 0 Å². The molecule has 4 rings (SSSR count). The SMILES string of the molecule is CC(C)n1nc(-c2c(NC3CC3)nc(N)nc2-c2ccccc2)ccc1=O. The molecule has 0 radical (unpaired) electrons. The van der Waals surface area contributed by atoms with Crippen molar-refractivity contribution in [2.75, 3.05) is 11.1 Å². The summed E-state index contributed by atoms with van der Waals surface area (Å²) in [7, 11) is 0. The Labute approximate surface area is 157 Å². The summed E-state index contributed by atoms with van der Waals surface area (Å²) >= 11 is 0. The maximum absolute atomic E-state index is 12.2. The van der Waals surface area contributed by atoms with Crippen LogP contribution >= 0.6 is 0 Å². The van der Waals surface area contributed by atoms with Gasteiger partial charge < -0.3 is 11.1 Å². The molecule has 138 valence electrons. The summed E-state index contributed by atoms with van der Waals surface area (Å²) in [5.41, 5.74) is 8.90. The molecule has 1 saturated carbocycles. The van der Waals surface area contributed by atoms with Crippen molar-refractivity contribution in [1.82, 2.24) is 19.7 Å². The summed E-state index contributed by atoms with van der Waals surface area (Å²) in [4.78, 5) is 21.1. The van der Waals surface area contributed by atoms with Crippen LogP contribution in [0.5, 0.6) is 0 Å². The smallest absolute Gasteiger partial charge is 0.267 e. The molecule has 1 aliphatic rings. The minimum atomic E-state index is -0.136. The number of nitrogen functional groups attached to an aromatic ring is 1. The summed E-state index contributed by atoms with van der Waals surface area (Å²) in [5.74, 6) is 0.864. The zero-order valence-electron chi connectivity index (χ0n) is 15.4.